The van der Waals surface area contributed by atoms with Crippen molar-refractivity contribution in [2.24, 2.45) is 17.6 Å². The summed E-state index contributed by atoms with van der Waals surface area (Å²) in [7, 11) is -3.01. The highest BCUT2D eigenvalue weighted by Gasteiger charge is 2.27. The lowest BCUT2D eigenvalue weighted by molar-refractivity contribution is 0.227. The Labute approximate surface area is 106 Å². The lowest BCUT2D eigenvalue weighted by atomic mass is 9.87. The Morgan fingerprint density at radius 1 is 1.47 bits per heavy atom. The summed E-state index contributed by atoms with van der Waals surface area (Å²) < 4.78 is 24.7. The molecule has 4 nitrogen and oxygen atoms in total. The number of nitrogens with zero attached hydrogens (tertiary/aromatic N) is 1. The average molecular weight is 262 g/mol. The van der Waals surface area contributed by atoms with E-state index in [2.05, 4.69) is 6.92 Å². The minimum absolute atomic E-state index is 0.499. The van der Waals surface area contributed by atoms with Crippen LogP contribution in [0.4, 0.5) is 0 Å². The van der Waals surface area contributed by atoms with Gasteiger partial charge in [0.25, 0.3) is 0 Å². The largest absolute Gasteiger partial charge is 0.330 e. The van der Waals surface area contributed by atoms with Crippen LogP contribution in [-0.2, 0) is 10.0 Å². The molecule has 0 aliphatic carbocycles. The van der Waals surface area contributed by atoms with Crippen LogP contribution >= 0.6 is 0 Å². The Bertz CT molecular complexity index is 316. The highest BCUT2D eigenvalue weighted by atomic mass is 32.2. The van der Waals surface area contributed by atoms with E-state index in [0.29, 0.717) is 24.9 Å². The Morgan fingerprint density at radius 3 is 2.71 bits per heavy atom. The van der Waals surface area contributed by atoms with Crippen LogP contribution in [0.2, 0.25) is 0 Å². The Kier molecular flexibility index (Phi) is 5.89. The topological polar surface area (TPSA) is 63.4 Å². The number of rotatable bonds is 6. The second kappa shape index (κ2) is 6.71. The zero-order valence-corrected chi connectivity index (χ0v) is 11.9. The van der Waals surface area contributed by atoms with Gasteiger partial charge in [0.05, 0.1) is 6.26 Å². The van der Waals surface area contributed by atoms with E-state index in [-0.39, 0.29) is 0 Å². The van der Waals surface area contributed by atoms with Crippen molar-refractivity contribution in [3.8, 4) is 0 Å². The van der Waals surface area contributed by atoms with E-state index in [1.165, 1.54) is 6.26 Å². The number of hydrogen-bond acceptors (Lipinski definition) is 3. The third kappa shape index (κ3) is 4.94. The molecule has 0 bridgehead atoms. The first-order valence-corrected chi connectivity index (χ1v) is 8.47. The Balaban J connectivity index is 2.49. The predicted molar refractivity (Wildman–Crippen MR) is 71.2 cm³/mol. The minimum atomic E-state index is -3.01. The fourth-order valence-electron chi connectivity index (χ4n) is 2.73. The first kappa shape index (κ1) is 14.9. The van der Waals surface area contributed by atoms with Gasteiger partial charge in [-0.1, -0.05) is 13.3 Å². The summed E-state index contributed by atoms with van der Waals surface area (Å²) in [6.07, 6.45) is 6.84. The van der Waals surface area contributed by atoms with Gasteiger partial charge in [0.15, 0.2) is 0 Å². The Hall–Kier alpha value is -0.130. The maximum absolute atomic E-state index is 11.5. The molecule has 0 radical (unpaired) electrons. The summed E-state index contributed by atoms with van der Waals surface area (Å²) in [5.41, 5.74) is 5.76. The van der Waals surface area contributed by atoms with E-state index in [1.54, 1.807) is 4.31 Å². The van der Waals surface area contributed by atoms with Crippen LogP contribution in [0, 0.1) is 11.8 Å². The molecular formula is C12H26N2O2S. The lowest BCUT2D eigenvalue weighted by Gasteiger charge is -2.32. The second-order valence-electron chi connectivity index (χ2n) is 5.26. The first-order valence-electron chi connectivity index (χ1n) is 6.62. The molecule has 1 fully saturated rings. The maximum Gasteiger partial charge on any atom is 0.211 e. The zero-order valence-electron chi connectivity index (χ0n) is 11.1. The predicted octanol–water partition coefficient (Wildman–Crippen LogP) is 1.42. The maximum atomic E-state index is 11.5. The number of piperidine rings is 1. The molecule has 2 unspecified atom stereocenters. The lowest BCUT2D eigenvalue weighted by Crippen LogP contribution is -2.40. The third-order valence-electron chi connectivity index (χ3n) is 3.65. The van der Waals surface area contributed by atoms with E-state index in [1.807, 2.05) is 0 Å². The molecule has 0 aromatic carbocycles. The summed E-state index contributed by atoms with van der Waals surface area (Å²) in [6, 6.07) is 0. The smallest absolute Gasteiger partial charge is 0.211 e. The van der Waals surface area contributed by atoms with E-state index in [9.17, 15) is 8.42 Å². The highest BCUT2D eigenvalue weighted by Crippen LogP contribution is 2.26. The normalized spacial score (nSPS) is 24.8. The van der Waals surface area contributed by atoms with Crippen molar-refractivity contribution in [3.05, 3.63) is 0 Å². The fraction of sp³-hybridized carbons (Fsp3) is 1.00. The second-order valence-corrected chi connectivity index (χ2v) is 7.24. The van der Waals surface area contributed by atoms with E-state index in [0.717, 1.165) is 38.6 Å². The van der Waals surface area contributed by atoms with Gasteiger partial charge in [-0.15, -0.1) is 0 Å². The minimum Gasteiger partial charge on any atom is -0.330 e. The van der Waals surface area contributed by atoms with Crippen molar-refractivity contribution in [2.75, 3.05) is 25.9 Å². The molecular weight excluding hydrogens is 236 g/mol. The van der Waals surface area contributed by atoms with Crippen LogP contribution in [0.15, 0.2) is 0 Å². The van der Waals surface area contributed by atoms with Crippen molar-refractivity contribution in [2.45, 2.75) is 39.0 Å². The monoisotopic (exact) mass is 262 g/mol. The summed E-state index contributed by atoms with van der Waals surface area (Å²) in [4.78, 5) is 0. The van der Waals surface area contributed by atoms with Crippen LogP contribution < -0.4 is 5.73 Å². The van der Waals surface area contributed by atoms with Crippen LogP contribution in [0.25, 0.3) is 0 Å². The molecule has 0 aromatic heterocycles. The highest BCUT2D eigenvalue weighted by molar-refractivity contribution is 7.88. The molecule has 1 saturated heterocycles. The summed E-state index contributed by atoms with van der Waals surface area (Å²) in [5, 5.41) is 0. The summed E-state index contributed by atoms with van der Waals surface area (Å²) >= 11 is 0. The van der Waals surface area contributed by atoms with Gasteiger partial charge in [-0.3, -0.25) is 0 Å². The van der Waals surface area contributed by atoms with E-state index < -0.39 is 10.0 Å². The molecule has 0 saturated carbocycles. The van der Waals surface area contributed by atoms with Crippen LogP contribution in [0.5, 0.6) is 0 Å². The van der Waals surface area contributed by atoms with Crippen LogP contribution in [-0.4, -0.2) is 38.6 Å². The van der Waals surface area contributed by atoms with Crippen molar-refractivity contribution >= 4 is 10.0 Å². The molecule has 1 aliphatic rings. The molecule has 5 heteroatoms. The molecule has 1 heterocycles. The van der Waals surface area contributed by atoms with Gasteiger partial charge >= 0.3 is 0 Å². The average Bonchev–Trinajstić information content (AvgIpc) is 2.28. The van der Waals surface area contributed by atoms with E-state index in [4.69, 9.17) is 5.73 Å². The van der Waals surface area contributed by atoms with Crippen molar-refractivity contribution in [1.82, 2.24) is 4.31 Å². The summed E-state index contributed by atoms with van der Waals surface area (Å²) in [5.74, 6) is 1.06. The number of nitrogens with two attached hydrogens (primary N) is 1. The SMILES string of the molecule is CCCC(CN)CC1CCCN(S(C)(=O)=O)C1. The molecule has 0 spiro atoms. The van der Waals surface area contributed by atoms with Gasteiger partial charge in [0.1, 0.15) is 0 Å². The fourth-order valence-corrected chi connectivity index (χ4v) is 3.67. The Morgan fingerprint density at radius 2 is 2.18 bits per heavy atom. The van der Waals surface area contributed by atoms with Gasteiger partial charge in [-0.05, 0) is 44.1 Å². The van der Waals surface area contributed by atoms with Gasteiger partial charge in [0, 0.05) is 13.1 Å². The van der Waals surface area contributed by atoms with Crippen molar-refractivity contribution in [1.29, 1.82) is 0 Å². The van der Waals surface area contributed by atoms with Gasteiger partial charge < -0.3 is 5.73 Å². The third-order valence-corrected chi connectivity index (χ3v) is 4.92. The van der Waals surface area contributed by atoms with Gasteiger partial charge in [-0.2, -0.15) is 0 Å². The van der Waals surface area contributed by atoms with Gasteiger partial charge in [0.2, 0.25) is 10.0 Å². The quantitative estimate of drug-likeness (QED) is 0.787. The zero-order chi connectivity index (χ0) is 12.9. The molecule has 1 aliphatic heterocycles. The van der Waals surface area contributed by atoms with Crippen molar-refractivity contribution in [3.63, 3.8) is 0 Å². The number of hydrogen-bond donors (Lipinski definition) is 1. The molecule has 2 atom stereocenters. The van der Waals surface area contributed by atoms with Gasteiger partial charge in [-0.25, -0.2) is 12.7 Å². The van der Waals surface area contributed by atoms with Crippen LogP contribution in [0.1, 0.15) is 39.0 Å². The van der Waals surface area contributed by atoms with Crippen molar-refractivity contribution < 1.29 is 8.42 Å². The van der Waals surface area contributed by atoms with E-state index >= 15 is 0 Å². The molecule has 2 N–H and O–H groups in total. The molecule has 0 amide bonds. The summed E-state index contributed by atoms with van der Waals surface area (Å²) in [6.45, 7) is 4.28. The van der Waals surface area contributed by atoms with Crippen LogP contribution in [0.3, 0.4) is 0 Å². The molecule has 17 heavy (non-hydrogen) atoms. The number of sulfonamides is 1. The molecule has 0 aromatic rings. The molecule has 1 rings (SSSR count). The first-order chi connectivity index (χ1) is 7.97. The standard InChI is InChI=1S/C12H26N2O2S/c1-3-5-11(9-13)8-12-6-4-7-14(10-12)17(2,15)16/h11-12H,3-10,13H2,1-2H3. The molecule has 102 valence electrons.